The van der Waals surface area contributed by atoms with Crippen LogP contribution in [0.4, 0.5) is 0 Å². The second-order valence-corrected chi connectivity index (χ2v) is 7.60. The van der Waals surface area contributed by atoms with Crippen LogP contribution >= 0.6 is 0 Å². The standard InChI is InChI=1S/C23H30N2O2/c1-18-5-11-22(12-6-18)27-15-13-24-23(26)21-9-7-20(8-10-21)17-25-14-3-4-19(2)16-25/h5-12,19H,3-4,13-17H2,1-2H3,(H,24,26)/t19-/m1/s1. The maximum absolute atomic E-state index is 12.3. The molecular formula is C23H30N2O2. The molecule has 1 N–H and O–H groups in total. The van der Waals surface area contributed by atoms with Crippen LogP contribution in [0.15, 0.2) is 48.5 Å². The first-order valence-corrected chi connectivity index (χ1v) is 9.89. The number of hydrogen-bond acceptors (Lipinski definition) is 3. The molecule has 0 radical (unpaired) electrons. The monoisotopic (exact) mass is 366 g/mol. The van der Waals surface area contributed by atoms with Crippen LogP contribution in [0.2, 0.25) is 0 Å². The van der Waals surface area contributed by atoms with Crippen LogP contribution in [-0.4, -0.2) is 37.0 Å². The van der Waals surface area contributed by atoms with Crippen LogP contribution in [0.25, 0.3) is 0 Å². The van der Waals surface area contributed by atoms with Crippen molar-refractivity contribution in [2.75, 3.05) is 26.2 Å². The number of hydrogen-bond donors (Lipinski definition) is 1. The lowest BCUT2D eigenvalue weighted by Crippen LogP contribution is -2.33. The Balaban J connectivity index is 1.41. The Hall–Kier alpha value is -2.33. The van der Waals surface area contributed by atoms with Crippen LogP contribution in [0.3, 0.4) is 0 Å². The van der Waals surface area contributed by atoms with Gasteiger partial charge in [-0.1, -0.05) is 36.8 Å². The minimum Gasteiger partial charge on any atom is -0.492 e. The SMILES string of the molecule is Cc1ccc(OCCNC(=O)c2ccc(CN3CCC[C@@H](C)C3)cc2)cc1. The van der Waals surface area contributed by atoms with E-state index in [0.717, 1.165) is 18.2 Å². The first-order valence-electron chi connectivity index (χ1n) is 9.89. The molecule has 1 heterocycles. The molecule has 1 atom stereocenters. The van der Waals surface area contributed by atoms with E-state index in [2.05, 4.69) is 29.3 Å². The maximum Gasteiger partial charge on any atom is 0.251 e. The maximum atomic E-state index is 12.3. The number of piperidine rings is 1. The molecule has 0 aromatic heterocycles. The Morgan fingerprint density at radius 1 is 1.15 bits per heavy atom. The molecule has 1 fully saturated rings. The highest BCUT2D eigenvalue weighted by atomic mass is 16.5. The fourth-order valence-corrected chi connectivity index (χ4v) is 3.52. The normalized spacial score (nSPS) is 17.5. The zero-order chi connectivity index (χ0) is 19.1. The predicted molar refractivity (Wildman–Crippen MR) is 109 cm³/mol. The first-order chi connectivity index (χ1) is 13.1. The van der Waals surface area contributed by atoms with Crippen LogP contribution in [-0.2, 0) is 6.54 Å². The van der Waals surface area contributed by atoms with Gasteiger partial charge in [0.1, 0.15) is 12.4 Å². The first kappa shape index (κ1) is 19.4. The van der Waals surface area contributed by atoms with Gasteiger partial charge in [-0.25, -0.2) is 0 Å². The largest absolute Gasteiger partial charge is 0.492 e. The van der Waals surface area contributed by atoms with Crippen molar-refractivity contribution in [2.45, 2.75) is 33.2 Å². The number of carbonyl (C=O) groups is 1. The molecule has 4 nitrogen and oxygen atoms in total. The van der Waals surface area contributed by atoms with Crippen LogP contribution < -0.4 is 10.1 Å². The summed E-state index contributed by atoms with van der Waals surface area (Å²) in [6.45, 7) is 8.62. The van der Waals surface area contributed by atoms with Crippen molar-refractivity contribution in [2.24, 2.45) is 5.92 Å². The number of nitrogens with zero attached hydrogens (tertiary/aromatic N) is 1. The highest BCUT2D eigenvalue weighted by molar-refractivity contribution is 5.94. The van der Waals surface area contributed by atoms with Gasteiger partial charge in [0.05, 0.1) is 6.54 Å². The van der Waals surface area contributed by atoms with Crippen molar-refractivity contribution < 1.29 is 9.53 Å². The van der Waals surface area contributed by atoms with E-state index in [1.165, 1.54) is 37.1 Å². The molecule has 2 aromatic carbocycles. The van der Waals surface area contributed by atoms with Crippen LogP contribution in [0.1, 0.15) is 41.3 Å². The number of ether oxygens (including phenoxy) is 1. The number of benzene rings is 2. The zero-order valence-electron chi connectivity index (χ0n) is 16.4. The van der Waals surface area contributed by atoms with Crippen molar-refractivity contribution in [3.8, 4) is 5.75 Å². The molecule has 0 saturated carbocycles. The zero-order valence-corrected chi connectivity index (χ0v) is 16.4. The van der Waals surface area contributed by atoms with E-state index in [0.29, 0.717) is 18.7 Å². The Labute approximate surface area is 162 Å². The fraction of sp³-hybridized carbons (Fsp3) is 0.435. The molecule has 1 aliphatic heterocycles. The van der Waals surface area contributed by atoms with Gasteiger partial charge in [-0.15, -0.1) is 0 Å². The molecule has 27 heavy (non-hydrogen) atoms. The Kier molecular flexibility index (Phi) is 6.88. The molecule has 0 spiro atoms. The Bertz CT molecular complexity index is 725. The summed E-state index contributed by atoms with van der Waals surface area (Å²) in [6, 6.07) is 15.9. The number of amides is 1. The minimum atomic E-state index is -0.0550. The number of likely N-dealkylation sites (tertiary alicyclic amines) is 1. The highest BCUT2D eigenvalue weighted by Gasteiger charge is 2.16. The van der Waals surface area contributed by atoms with Crippen molar-refractivity contribution in [1.82, 2.24) is 10.2 Å². The molecule has 1 aliphatic rings. The van der Waals surface area contributed by atoms with Gasteiger partial charge in [-0.3, -0.25) is 9.69 Å². The fourth-order valence-electron chi connectivity index (χ4n) is 3.52. The smallest absolute Gasteiger partial charge is 0.251 e. The van der Waals surface area contributed by atoms with Gasteiger partial charge in [0, 0.05) is 18.7 Å². The van der Waals surface area contributed by atoms with E-state index in [4.69, 9.17) is 4.74 Å². The van der Waals surface area contributed by atoms with Gasteiger partial charge in [0.15, 0.2) is 0 Å². The van der Waals surface area contributed by atoms with Crippen LogP contribution in [0, 0.1) is 12.8 Å². The van der Waals surface area contributed by atoms with Crippen molar-refractivity contribution in [3.05, 3.63) is 65.2 Å². The van der Waals surface area contributed by atoms with E-state index in [9.17, 15) is 4.79 Å². The lowest BCUT2D eigenvalue weighted by molar-refractivity contribution is 0.0947. The van der Waals surface area contributed by atoms with Crippen molar-refractivity contribution in [1.29, 1.82) is 0 Å². The Morgan fingerprint density at radius 2 is 1.89 bits per heavy atom. The van der Waals surface area contributed by atoms with E-state index >= 15 is 0 Å². The predicted octanol–water partition coefficient (Wildman–Crippen LogP) is 4.04. The van der Waals surface area contributed by atoms with Gasteiger partial charge >= 0.3 is 0 Å². The summed E-state index contributed by atoms with van der Waals surface area (Å²) in [5.74, 6) is 1.55. The third-order valence-corrected chi connectivity index (χ3v) is 5.04. The molecule has 4 heteroatoms. The summed E-state index contributed by atoms with van der Waals surface area (Å²) in [7, 11) is 0. The second-order valence-electron chi connectivity index (χ2n) is 7.60. The van der Waals surface area contributed by atoms with E-state index < -0.39 is 0 Å². The summed E-state index contributed by atoms with van der Waals surface area (Å²) in [4.78, 5) is 14.8. The number of rotatable bonds is 7. The van der Waals surface area contributed by atoms with Gasteiger partial charge in [0.25, 0.3) is 5.91 Å². The van der Waals surface area contributed by atoms with Gasteiger partial charge in [-0.2, -0.15) is 0 Å². The average molecular weight is 367 g/mol. The number of aryl methyl sites for hydroxylation is 1. The topological polar surface area (TPSA) is 41.6 Å². The molecule has 0 unspecified atom stereocenters. The van der Waals surface area contributed by atoms with Gasteiger partial charge in [0.2, 0.25) is 0 Å². The summed E-state index contributed by atoms with van der Waals surface area (Å²) in [5, 5.41) is 2.91. The molecule has 2 aromatic rings. The third kappa shape index (κ3) is 6.10. The van der Waals surface area contributed by atoms with E-state index in [1.807, 2.05) is 43.3 Å². The number of nitrogens with one attached hydrogen (secondary N) is 1. The molecule has 144 valence electrons. The van der Waals surface area contributed by atoms with E-state index in [-0.39, 0.29) is 5.91 Å². The van der Waals surface area contributed by atoms with Crippen LogP contribution in [0.5, 0.6) is 5.75 Å². The summed E-state index contributed by atoms with van der Waals surface area (Å²) < 4.78 is 5.64. The molecule has 3 rings (SSSR count). The van der Waals surface area contributed by atoms with E-state index in [1.54, 1.807) is 0 Å². The highest BCUT2D eigenvalue weighted by Crippen LogP contribution is 2.18. The summed E-state index contributed by atoms with van der Waals surface area (Å²) in [6.07, 6.45) is 2.62. The number of carbonyl (C=O) groups excluding carboxylic acids is 1. The molecule has 0 aliphatic carbocycles. The lowest BCUT2D eigenvalue weighted by Gasteiger charge is -2.30. The molecule has 1 saturated heterocycles. The van der Waals surface area contributed by atoms with Crippen molar-refractivity contribution >= 4 is 5.91 Å². The second kappa shape index (κ2) is 9.56. The summed E-state index contributed by atoms with van der Waals surface area (Å²) >= 11 is 0. The minimum absolute atomic E-state index is 0.0550. The van der Waals surface area contributed by atoms with Gasteiger partial charge in [-0.05, 0) is 62.1 Å². The molecule has 0 bridgehead atoms. The third-order valence-electron chi connectivity index (χ3n) is 5.04. The van der Waals surface area contributed by atoms with Gasteiger partial charge < -0.3 is 10.1 Å². The molecular weight excluding hydrogens is 336 g/mol. The lowest BCUT2D eigenvalue weighted by atomic mass is 9.99. The van der Waals surface area contributed by atoms with Crippen molar-refractivity contribution in [3.63, 3.8) is 0 Å². The Morgan fingerprint density at radius 3 is 2.59 bits per heavy atom. The molecule has 1 amide bonds. The quantitative estimate of drug-likeness (QED) is 0.752. The average Bonchev–Trinajstić information content (AvgIpc) is 2.67. The summed E-state index contributed by atoms with van der Waals surface area (Å²) in [5.41, 5.74) is 3.17.